The molecule has 0 spiro atoms. The summed E-state index contributed by atoms with van der Waals surface area (Å²) in [6.07, 6.45) is 1.05. The molecule has 1 aromatic rings. The molecule has 118 valence electrons. The Balaban J connectivity index is 3.16. The van der Waals surface area contributed by atoms with Gasteiger partial charge in [-0.3, -0.25) is 0 Å². The predicted molar refractivity (Wildman–Crippen MR) is 82.5 cm³/mol. The van der Waals surface area contributed by atoms with Crippen LogP contribution < -0.4 is 4.74 Å². The Morgan fingerprint density at radius 1 is 1.24 bits per heavy atom. The predicted octanol–water partition coefficient (Wildman–Crippen LogP) is 3.28. The number of hydrogen-bond acceptors (Lipinski definition) is 4. The van der Waals surface area contributed by atoms with Gasteiger partial charge in [-0.1, -0.05) is 38.5 Å². The van der Waals surface area contributed by atoms with Crippen molar-refractivity contribution in [2.45, 2.75) is 52.1 Å². The summed E-state index contributed by atoms with van der Waals surface area (Å²) < 4.78 is 10.7. The molecule has 1 aromatic carbocycles. The van der Waals surface area contributed by atoms with E-state index in [0.29, 0.717) is 25.2 Å². The second kappa shape index (κ2) is 8.03. The monoisotopic (exact) mass is 294 g/mol. The van der Waals surface area contributed by atoms with E-state index < -0.39 is 17.5 Å². The van der Waals surface area contributed by atoms with Crippen molar-refractivity contribution in [3.8, 4) is 5.75 Å². The van der Waals surface area contributed by atoms with E-state index in [1.54, 1.807) is 6.92 Å². The van der Waals surface area contributed by atoms with Gasteiger partial charge in [0.1, 0.15) is 5.75 Å². The molecule has 1 N–H and O–H groups in total. The molecule has 0 aromatic heterocycles. The van der Waals surface area contributed by atoms with Gasteiger partial charge in [-0.2, -0.15) is 0 Å². The minimum absolute atomic E-state index is 0.255. The summed E-state index contributed by atoms with van der Waals surface area (Å²) in [4.78, 5) is 12.2. The third kappa shape index (κ3) is 3.97. The van der Waals surface area contributed by atoms with E-state index in [2.05, 4.69) is 0 Å². The Morgan fingerprint density at radius 3 is 2.48 bits per heavy atom. The molecule has 1 rings (SSSR count). The van der Waals surface area contributed by atoms with Crippen molar-refractivity contribution in [1.82, 2.24) is 0 Å². The molecule has 0 saturated carbocycles. The van der Waals surface area contributed by atoms with Gasteiger partial charge in [0.05, 0.1) is 13.2 Å². The first-order chi connectivity index (χ1) is 10.0. The number of carbonyl (C=O) groups excluding carboxylic acids is 1. The first-order valence-electron chi connectivity index (χ1n) is 7.62. The van der Waals surface area contributed by atoms with Crippen LogP contribution in [0.25, 0.3) is 0 Å². The van der Waals surface area contributed by atoms with Gasteiger partial charge in [-0.25, -0.2) is 4.79 Å². The van der Waals surface area contributed by atoms with Crippen molar-refractivity contribution in [3.63, 3.8) is 0 Å². The fourth-order valence-corrected chi connectivity index (χ4v) is 2.52. The fourth-order valence-electron chi connectivity index (χ4n) is 2.52. The van der Waals surface area contributed by atoms with Gasteiger partial charge in [0.25, 0.3) is 0 Å². The molecule has 0 fully saturated rings. The number of aliphatic hydroxyl groups is 1. The molecule has 2 unspecified atom stereocenters. The molecular weight excluding hydrogens is 268 g/mol. The summed E-state index contributed by atoms with van der Waals surface area (Å²) >= 11 is 0. The van der Waals surface area contributed by atoms with Crippen molar-refractivity contribution in [2.75, 3.05) is 13.2 Å². The number of rotatable bonds is 8. The topological polar surface area (TPSA) is 55.8 Å². The maximum Gasteiger partial charge on any atom is 0.338 e. The normalized spacial score (nSPS) is 15.1. The molecule has 2 atom stereocenters. The number of hydrogen-bond donors (Lipinski definition) is 1. The van der Waals surface area contributed by atoms with E-state index in [9.17, 15) is 9.90 Å². The Hall–Kier alpha value is -1.55. The second-order valence-electron chi connectivity index (χ2n) is 5.09. The lowest BCUT2D eigenvalue weighted by molar-refractivity contribution is -0.168. The van der Waals surface area contributed by atoms with Crippen LogP contribution in [0.3, 0.4) is 0 Å². The minimum Gasteiger partial charge on any atom is -0.494 e. The van der Waals surface area contributed by atoms with Crippen LogP contribution in [-0.2, 0) is 9.53 Å². The van der Waals surface area contributed by atoms with Crippen LogP contribution in [0.1, 0.15) is 52.0 Å². The molecule has 0 aliphatic carbocycles. The molecule has 21 heavy (non-hydrogen) atoms. The van der Waals surface area contributed by atoms with Crippen LogP contribution in [0.4, 0.5) is 0 Å². The van der Waals surface area contributed by atoms with Gasteiger partial charge in [0.2, 0.25) is 0 Å². The maximum atomic E-state index is 12.2. The first-order valence-corrected chi connectivity index (χ1v) is 7.62. The lowest BCUT2D eigenvalue weighted by atomic mass is 9.80. The minimum atomic E-state index is -1.53. The van der Waals surface area contributed by atoms with Crippen molar-refractivity contribution >= 4 is 5.97 Å². The summed E-state index contributed by atoms with van der Waals surface area (Å²) in [5.74, 6) is -0.267. The van der Waals surface area contributed by atoms with Crippen LogP contribution >= 0.6 is 0 Å². The molecule has 0 aliphatic rings. The van der Waals surface area contributed by atoms with E-state index >= 15 is 0 Å². The van der Waals surface area contributed by atoms with Gasteiger partial charge in [-0.15, -0.1) is 0 Å². The standard InChI is InChI=1S/C17H26O4/c1-5-12-17(19,16(18)21-7-3)13(4)14-10-8-9-11-15(14)20-6-2/h8-11,13,19H,5-7,12H2,1-4H3. The van der Waals surface area contributed by atoms with E-state index in [1.807, 2.05) is 45.0 Å². The van der Waals surface area contributed by atoms with Gasteiger partial charge in [0.15, 0.2) is 5.60 Å². The highest BCUT2D eigenvalue weighted by molar-refractivity contribution is 5.81. The zero-order valence-corrected chi connectivity index (χ0v) is 13.4. The molecular formula is C17H26O4. The van der Waals surface area contributed by atoms with Crippen molar-refractivity contribution in [3.05, 3.63) is 29.8 Å². The first kappa shape index (κ1) is 17.5. The van der Waals surface area contributed by atoms with E-state index in [1.165, 1.54) is 0 Å². The van der Waals surface area contributed by atoms with Gasteiger partial charge in [-0.05, 0) is 26.3 Å². The van der Waals surface area contributed by atoms with Crippen molar-refractivity contribution in [1.29, 1.82) is 0 Å². The molecule has 0 amide bonds. The number of benzene rings is 1. The summed E-state index contributed by atoms with van der Waals surface area (Å²) in [6.45, 7) is 8.21. The smallest absolute Gasteiger partial charge is 0.338 e. The molecule has 0 heterocycles. The van der Waals surface area contributed by atoms with Gasteiger partial charge < -0.3 is 14.6 Å². The Bertz CT molecular complexity index is 458. The number of carbonyl (C=O) groups is 1. The Kier molecular flexibility index (Phi) is 6.69. The highest BCUT2D eigenvalue weighted by Crippen LogP contribution is 2.37. The van der Waals surface area contributed by atoms with Crippen LogP contribution in [0.15, 0.2) is 24.3 Å². The lowest BCUT2D eigenvalue weighted by Crippen LogP contribution is -2.45. The van der Waals surface area contributed by atoms with Gasteiger partial charge in [0, 0.05) is 11.5 Å². The quantitative estimate of drug-likeness (QED) is 0.748. The van der Waals surface area contributed by atoms with E-state index in [-0.39, 0.29) is 6.61 Å². The second-order valence-corrected chi connectivity index (χ2v) is 5.09. The molecule has 4 heteroatoms. The van der Waals surface area contributed by atoms with Crippen LogP contribution in [0, 0.1) is 0 Å². The third-order valence-electron chi connectivity index (χ3n) is 3.66. The average Bonchev–Trinajstić information content (AvgIpc) is 2.48. The highest BCUT2D eigenvalue weighted by atomic mass is 16.5. The summed E-state index contributed by atoms with van der Waals surface area (Å²) in [5, 5.41) is 10.9. The van der Waals surface area contributed by atoms with Gasteiger partial charge >= 0.3 is 5.97 Å². The Labute approximate surface area is 127 Å². The van der Waals surface area contributed by atoms with E-state index in [0.717, 1.165) is 5.56 Å². The number of esters is 1. The summed E-state index contributed by atoms with van der Waals surface area (Å²) in [6, 6.07) is 7.50. The molecule has 0 saturated heterocycles. The van der Waals surface area contributed by atoms with E-state index in [4.69, 9.17) is 9.47 Å². The Morgan fingerprint density at radius 2 is 1.90 bits per heavy atom. The SMILES string of the molecule is CCCC(O)(C(=O)OCC)C(C)c1ccccc1OCC. The number of para-hydroxylation sites is 1. The highest BCUT2D eigenvalue weighted by Gasteiger charge is 2.43. The zero-order chi connectivity index (χ0) is 15.9. The van der Waals surface area contributed by atoms with Crippen LogP contribution in [-0.4, -0.2) is 29.9 Å². The maximum absolute atomic E-state index is 12.2. The summed E-state index contributed by atoms with van der Waals surface area (Å²) in [7, 11) is 0. The molecule has 0 bridgehead atoms. The van der Waals surface area contributed by atoms with Crippen LogP contribution in [0.5, 0.6) is 5.75 Å². The molecule has 4 nitrogen and oxygen atoms in total. The van der Waals surface area contributed by atoms with Crippen molar-refractivity contribution < 1.29 is 19.4 Å². The van der Waals surface area contributed by atoms with Crippen molar-refractivity contribution in [2.24, 2.45) is 0 Å². The van der Waals surface area contributed by atoms with Crippen LogP contribution in [0.2, 0.25) is 0 Å². The molecule has 0 aliphatic heterocycles. The lowest BCUT2D eigenvalue weighted by Gasteiger charge is -2.32. The molecule has 0 radical (unpaired) electrons. The largest absolute Gasteiger partial charge is 0.494 e. The number of ether oxygens (including phenoxy) is 2. The fraction of sp³-hybridized carbons (Fsp3) is 0.588. The summed E-state index contributed by atoms with van der Waals surface area (Å²) in [5.41, 5.74) is -0.707. The third-order valence-corrected chi connectivity index (χ3v) is 3.66. The average molecular weight is 294 g/mol. The zero-order valence-electron chi connectivity index (χ0n) is 13.4.